The Balaban J connectivity index is 1.87. The van der Waals surface area contributed by atoms with Crippen LogP contribution in [0.4, 0.5) is 0 Å². The first-order valence-corrected chi connectivity index (χ1v) is 11.6. The number of sulfonamides is 1. The van der Waals surface area contributed by atoms with Crippen LogP contribution in [-0.4, -0.2) is 13.0 Å². The van der Waals surface area contributed by atoms with E-state index in [0.29, 0.717) is 11.2 Å². The summed E-state index contributed by atoms with van der Waals surface area (Å²) in [6, 6.07) is 12.5. The maximum Gasteiger partial charge on any atom is 0.308 e. The summed E-state index contributed by atoms with van der Waals surface area (Å²) in [5, 5.41) is 0. The number of nitrogens with zero attached hydrogens (tertiary/aromatic N) is 1. The fraction of sp³-hybridized carbons (Fsp3) is 0.381. The Kier molecular flexibility index (Phi) is 5.53. The summed E-state index contributed by atoms with van der Waals surface area (Å²) in [5.74, 6) is 0. The lowest BCUT2D eigenvalue weighted by Gasteiger charge is -2.20. The van der Waals surface area contributed by atoms with E-state index in [1.54, 1.807) is 22.8 Å². The van der Waals surface area contributed by atoms with Crippen molar-refractivity contribution in [2.75, 3.05) is 0 Å². The molecule has 0 aliphatic heterocycles. The van der Waals surface area contributed by atoms with Crippen molar-refractivity contribution >= 4 is 31.6 Å². The molecule has 0 saturated carbocycles. The van der Waals surface area contributed by atoms with Crippen LogP contribution in [0.3, 0.4) is 0 Å². The molecule has 0 saturated heterocycles. The number of fused-ring (bicyclic) bond motifs is 1. The minimum atomic E-state index is -3.70. The molecule has 3 rings (SSSR count). The molecule has 0 amide bonds. The van der Waals surface area contributed by atoms with Crippen molar-refractivity contribution in [1.82, 2.24) is 9.29 Å². The van der Waals surface area contributed by atoms with Crippen LogP contribution in [0, 0.1) is 0 Å². The van der Waals surface area contributed by atoms with E-state index in [4.69, 9.17) is 0 Å². The molecule has 0 aliphatic carbocycles. The topological polar surface area (TPSA) is 68.2 Å². The SMILES string of the molecule is CCn1c(=O)sc2cc(S(=O)(=O)NC(C)c3ccc(C(C)(C)C)cc3)ccc21. The first kappa shape index (κ1) is 20.8. The molecule has 5 nitrogen and oxygen atoms in total. The standard InChI is InChI=1S/C21H26N2O3S2/c1-6-23-18-12-11-17(13-19(18)27-20(23)24)28(25,26)22-14(2)15-7-9-16(10-8-15)21(3,4)5/h7-14,22H,6H2,1-5H3. The maximum absolute atomic E-state index is 12.9. The summed E-state index contributed by atoms with van der Waals surface area (Å²) in [6.45, 7) is 10.7. The average molecular weight is 419 g/mol. The van der Waals surface area contributed by atoms with Gasteiger partial charge in [0.25, 0.3) is 0 Å². The van der Waals surface area contributed by atoms with Crippen molar-refractivity contribution in [1.29, 1.82) is 0 Å². The Bertz CT molecular complexity index is 1150. The van der Waals surface area contributed by atoms with Crippen molar-refractivity contribution in [3.8, 4) is 0 Å². The van der Waals surface area contributed by atoms with Crippen LogP contribution in [0.5, 0.6) is 0 Å². The molecular weight excluding hydrogens is 392 g/mol. The number of nitrogens with one attached hydrogen (secondary N) is 1. The van der Waals surface area contributed by atoms with Gasteiger partial charge >= 0.3 is 4.87 Å². The predicted molar refractivity (Wildman–Crippen MR) is 116 cm³/mol. The molecule has 150 valence electrons. The summed E-state index contributed by atoms with van der Waals surface area (Å²) >= 11 is 1.07. The van der Waals surface area contributed by atoms with Gasteiger partial charge in [-0.2, -0.15) is 0 Å². The van der Waals surface area contributed by atoms with E-state index >= 15 is 0 Å². The molecule has 1 unspecified atom stereocenters. The minimum Gasteiger partial charge on any atom is -0.299 e. The highest BCUT2D eigenvalue weighted by atomic mass is 32.2. The number of benzene rings is 2. The number of aromatic nitrogens is 1. The lowest BCUT2D eigenvalue weighted by atomic mass is 9.86. The van der Waals surface area contributed by atoms with Gasteiger partial charge in [-0.25, -0.2) is 13.1 Å². The molecule has 2 aromatic carbocycles. The third kappa shape index (κ3) is 4.06. The molecule has 1 aromatic heterocycles. The number of aryl methyl sites for hydroxylation is 1. The third-order valence-electron chi connectivity index (χ3n) is 4.87. The van der Waals surface area contributed by atoms with Crippen LogP contribution in [-0.2, 0) is 22.0 Å². The van der Waals surface area contributed by atoms with E-state index in [1.165, 1.54) is 5.56 Å². The fourth-order valence-electron chi connectivity index (χ4n) is 3.15. The van der Waals surface area contributed by atoms with Crippen molar-refractivity contribution in [2.45, 2.75) is 57.5 Å². The Hall–Kier alpha value is -1.96. The second-order valence-electron chi connectivity index (χ2n) is 7.96. The second-order valence-corrected chi connectivity index (χ2v) is 10.7. The average Bonchev–Trinajstić information content (AvgIpc) is 2.94. The molecule has 1 heterocycles. The van der Waals surface area contributed by atoms with Crippen molar-refractivity contribution in [3.05, 3.63) is 63.3 Å². The van der Waals surface area contributed by atoms with Crippen LogP contribution in [0.1, 0.15) is 51.8 Å². The molecule has 1 N–H and O–H groups in total. The van der Waals surface area contributed by atoms with Gasteiger partial charge in [0.1, 0.15) is 0 Å². The molecule has 0 fully saturated rings. The van der Waals surface area contributed by atoms with Gasteiger partial charge in [-0.1, -0.05) is 56.4 Å². The zero-order valence-electron chi connectivity index (χ0n) is 16.8. The normalized spacial score (nSPS) is 13.8. The lowest BCUT2D eigenvalue weighted by Crippen LogP contribution is -2.27. The fourth-order valence-corrected chi connectivity index (χ4v) is 5.48. The van der Waals surface area contributed by atoms with E-state index in [1.807, 2.05) is 38.1 Å². The Morgan fingerprint density at radius 2 is 1.75 bits per heavy atom. The van der Waals surface area contributed by atoms with E-state index in [0.717, 1.165) is 22.4 Å². The molecule has 0 bridgehead atoms. The highest BCUT2D eigenvalue weighted by molar-refractivity contribution is 7.89. The van der Waals surface area contributed by atoms with Gasteiger partial charge in [-0.05, 0) is 48.6 Å². The smallest absolute Gasteiger partial charge is 0.299 e. The summed E-state index contributed by atoms with van der Waals surface area (Å²) in [7, 11) is -3.70. The molecule has 28 heavy (non-hydrogen) atoms. The predicted octanol–water partition coefficient (Wildman–Crippen LogP) is 4.42. The van der Waals surface area contributed by atoms with Crippen LogP contribution in [0.2, 0.25) is 0 Å². The Morgan fingerprint density at radius 1 is 1.11 bits per heavy atom. The van der Waals surface area contributed by atoms with E-state index in [2.05, 4.69) is 25.5 Å². The number of hydrogen-bond donors (Lipinski definition) is 1. The summed E-state index contributed by atoms with van der Waals surface area (Å²) in [6.07, 6.45) is 0. The first-order chi connectivity index (χ1) is 13.0. The Morgan fingerprint density at radius 3 is 2.32 bits per heavy atom. The van der Waals surface area contributed by atoms with Gasteiger partial charge in [0.05, 0.1) is 15.1 Å². The first-order valence-electron chi connectivity index (χ1n) is 9.29. The van der Waals surface area contributed by atoms with Crippen LogP contribution >= 0.6 is 11.3 Å². The zero-order valence-corrected chi connectivity index (χ0v) is 18.4. The second kappa shape index (κ2) is 7.46. The van der Waals surface area contributed by atoms with E-state index in [9.17, 15) is 13.2 Å². The Labute approximate surface area is 170 Å². The van der Waals surface area contributed by atoms with Crippen molar-refractivity contribution in [2.24, 2.45) is 0 Å². The molecule has 1 atom stereocenters. The molecule has 0 radical (unpaired) electrons. The number of thiazole rings is 1. The van der Waals surface area contributed by atoms with E-state index < -0.39 is 10.0 Å². The van der Waals surface area contributed by atoms with Gasteiger partial charge in [0.15, 0.2) is 0 Å². The van der Waals surface area contributed by atoms with Gasteiger partial charge in [0.2, 0.25) is 10.0 Å². The monoisotopic (exact) mass is 418 g/mol. The van der Waals surface area contributed by atoms with Crippen LogP contribution < -0.4 is 9.60 Å². The molecule has 0 spiro atoms. The van der Waals surface area contributed by atoms with Gasteiger partial charge in [-0.15, -0.1) is 0 Å². The molecule has 3 aromatic rings. The summed E-state index contributed by atoms with van der Waals surface area (Å²) < 4.78 is 30.8. The lowest BCUT2D eigenvalue weighted by molar-refractivity contribution is 0.566. The highest BCUT2D eigenvalue weighted by Crippen LogP contribution is 2.26. The van der Waals surface area contributed by atoms with Crippen molar-refractivity contribution in [3.63, 3.8) is 0 Å². The maximum atomic E-state index is 12.9. The van der Waals surface area contributed by atoms with Crippen LogP contribution in [0.15, 0.2) is 52.2 Å². The molecule has 7 heteroatoms. The quantitative estimate of drug-likeness (QED) is 0.667. The number of hydrogen-bond acceptors (Lipinski definition) is 4. The van der Waals surface area contributed by atoms with Gasteiger partial charge < -0.3 is 0 Å². The summed E-state index contributed by atoms with van der Waals surface area (Å²) in [5.41, 5.74) is 2.92. The highest BCUT2D eigenvalue weighted by Gasteiger charge is 2.21. The third-order valence-corrected chi connectivity index (χ3v) is 7.36. The molecule has 0 aliphatic rings. The van der Waals surface area contributed by atoms with Gasteiger partial charge in [-0.3, -0.25) is 9.36 Å². The number of rotatable bonds is 5. The minimum absolute atomic E-state index is 0.0488. The van der Waals surface area contributed by atoms with Crippen molar-refractivity contribution < 1.29 is 8.42 Å². The largest absolute Gasteiger partial charge is 0.308 e. The van der Waals surface area contributed by atoms with E-state index in [-0.39, 0.29) is 21.2 Å². The molecular formula is C21H26N2O3S2. The zero-order chi connectivity index (χ0) is 20.7. The summed E-state index contributed by atoms with van der Waals surface area (Å²) in [4.78, 5) is 12.1. The van der Waals surface area contributed by atoms with Crippen LogP contribution in [0.25, 0.3) is 10.2 Å². The van der Waals surface area contributed by atoms with Gasteiger partial charge in [0, 0.05) is 12.6 Å².